The van der Waals surface area contributed by atoms with Crippen molar-refractivity contribution in [1.29, 1.82) is 0 Å². The van der Waals surface area contributed by atoms with Gasteiger partial charge >= 0.3 is 0 Å². The van der Waals surface area contributed by atoms with E-state index in [4.69, 9.17) is 16.3 Å². The van der Waals surface area contributed by atoms with Gasteiger partial charge in [-0.3, -0.25) is 14.2 Å². The number of nitrogens with zero attached hydrogens (tertiary/aromatic N) is 2. The molecule has 2 aromatic rings. The van der Waals surface area contributed by atoms with Gasteiger partial charge in [0.1, 0.15) is 6.54 Å². The maximum atomic E-state index is 11.9. The zero-order valence-electron chi connectivity index (χ0n) is 10.7. The van der Waals surface area contributed by atoms with E-state index >= 15 is 0 Å². The number of rotatable bonds is 4. The van der Waals surface area contributed by atoms with E-state index in [0.29, 0.717) is 5.69 Å². The Hall–Kier alpha value is -2.34. The second-order valence-electron chi connectivity index (χ2n) is 3.92. The number of amides is 1. The summed E-state index contributed by atoms with van der Waals surface area (Å²) in [6.07, 6.45) is 1.21. The highest BCUT2D eigenvalue weighted by Gasteiger charge is 2.12. The number of hydrogen-bond donors (Lipinski definition) is 1. The highest BCUT2D eigenvalue weighted by Crippen LogP contribution is 2.14. The number of ether oxygens (including phenoxy) is 1. The molecule has 1 heterocycles. The van der Waals surface area contributed by atoms with Crippen LogP contribution in [0.3, 0.4) is 0 Å². The van der Waals surface area contributed by atoms with Crippen molar-refractivity contribution < 1.29 is 9.53 Å². The number of anilines is 1. The molecule has 20 heavy (non-hydrogen) atoms. The fourth-order valence-corrected chi connectivity index (χ4v) is 1.81. The Balaban J connectivity index is 2.15. The van der Waals surface area contributed by atoms with Gasteiger partial charge in [0, 0.05) is 5.69 Å². The second kappa shape index (κ2) is 6.21. The number of carbonyl (C=O) groups is 1. The first-order chi connectivity index (χ1) is 9.61. The summed E-state index contributed by atoms with van der Waals surface area (Å²) in [5.41, 5.74) is 0.148. The van der Waals surface area contributed by atoms with Gasteiger partial charge in [-0.15, -0.1) is 0 Å². The van der Waals surface area contributed by atoms with Crippen LogP contribution in [0.1, 0.15) is 0 Å². The molecule has 1 N–H and O–H groups in total. The van der Waals surface area contributed by atoms with Crippen LogP contribution in [-0.2, 0) is 11.3 Å². The number of aromatic nitrogens is 2. The van der Waals surface area contributed by atoms with Gasteiger partial charge in [0.15, 0.2) is 5.15 Å². The van der Waals surface area contributed by atoms with Gasteiger partial charge in [0.25, 0.3) is 5.56 Å². The molecule has 1 aromatic heterocycles. The minimum Gasteiger partial charge on any atom is -0.489 e. The molecule has 0 saturated heterocycles. The molecule has 0 bridgehead atoms. The molecule has 1 aromatic carbocycles. The van der Waals surface area contributed by atoms with Crippen molar-refractivity contribution in [3.05, 3.63) is 52.2 Å². The highest BCUT2D eigenvalue weighted by atomic mass is 35.5. The number of hydrogen-bond acceptors (Lipinski definition) is 4. The topological polar surface area (TPSA) is 73.2 Å². The van der Waals surface area contributed by atoms with E-state index in [2.05, 4.69) is 10.3 Å². The maximum Gasteiger partial charge on any atom is 0.297 e. The molecule has 0 aliphatic rings. The summed E-state index contributed by atoms with van der Waals surface area (Å²) in [5, 5.41) is 2.64. The van der Waals surface area contributed by atoms with Crippen LogP contribution in [0.4, 0.5) is 5.69 Å². The van der Waals surface area contributed by atoms with Crippen LogP contribution in [-0.4, -0.2) is 22.6 Å². The monoisotopic (exact) mass is 293 g/mol. The predicted molar refractivity (Wildman–Crippen MR) is 75.1 cm³/mol. The first-order valence-corrected chi connectivity index (χ1v) is 6.13. The third-order valence-electron chi connectivity index (χ3n) is 2.53. The van der Waals surface area contributed by atoms with E-state index in [0.717, 1.165) is 4.57 Å². The van der Waals surface area contributed by atoms with Crippen LogP contribution in [0.2, 0.25) is 5.15 Å². The first kappa shape index (κ1) is 14.1. The molecule has 6 nitrogen and oxygen atoms in total. The van der Waals surface area contributed by atoms with Crippen molar-refractivity contribution >= 4 is 23.2 Å². The maximum absolute atomic E-state index is 11.9. The lowest BCUT2D eigenvalue weighted by Gasteiger charge is -2.08. The summed E-state index contributed by atoms with van der Waals surface area (Å²) < 4.78 is 5.98. The average molecular weight is 294 g/mol. The van der Waals surface area contributed by atoms with Crippen LogP contribution in [0, 0.1) is 0 Å². The normalized spacial score (nSPS) is 10.1. The van der Waals surface area contributed by atoms with E-state index in [1.165, 1.54) is 13.4 Å². The molecule has 7 heteroatoms. The third kappa shape index (κ3) is 3.16. The van der Waals surface area contributed by atoms with Gasteiger partial charge < -0.3 is 10.1 Å². The Morgan fingerprint density at radius 2 is 2.10 bits per heavy atom. The van der Waals surface area contributed by atoms with E-state index < -0.39 is 5.56 Å². The van der Waals surface area contributed by atoms with Crippen molar-refractivity contribution in [2.75, 3.05) is 12.4 Å². The van der Waals surface area contributed by atoms with E-state index in [1.54, 1.807) is 24.3 Å². The summed E-state index contributed by atoms with van der Waals surface area (Å²) in [7, 11) is 1.32. The van der Waals surface area contributed by atoms with Crippen molar-refractivity contribution in [2.24, 2.45) is 0 Å². The molecule has 1 amide bonds. The van der Waals surface area contributed by atoms with Crippen LogP contribution in [0.5, 0.6) is 5.75 Å². The minimum absolute atomic E-state index is 0.0304. The lowest BCUT2D eigenvalue weighted by Crippen LogP contribution is -2.28. The zero-order chi connectivity index (χ0) is 14.5. The second-order valence-corrected chi connectivity index (χ2v) is 4.27. The molecule has 0 unspecified atom stereocenters. The molecule has 0 radical (unpaired) electrons. The summed E-state index contributed by atoms with van der Waals surface area (Å²) >= 11 is 5.72. The van der Waals surface area contributed by atoms with Gasteiger partial charge in [-0.2, -0.15) is 0 Å². The molecule has 0 spiro atoms. The summed E-state index contributed by atoms with van der Waals surface area (Å²) in [4.78, 5) is 27.6. The largest absolute Gasteiger partial charge is 0.489 e. The quantitative estimate of drug-likeness (QED) is 0.868. The van der Waals surface area contributed by atoms with Gasteiger partial charge in [-0.05, 0) is 12.1 Å². The number of nitrogens with one attached hydrogen (secondary N) is 1. The van der Waals surface area contributed by atoms with E-state index in [-0.39, 0.29) is 23.4 Å². The minimum atomic E-state index is -0.504. The Morgan fingerprint density at radius 3 is 2.75 bits per heavy atom. The molecule has 2 rings (SSSR count). The Bertz CT molecular complexity index is 670. The van der Waals surface area contributed by atoms with Crippen molar-refractivity contribution in [2.45, 2.75) is 6.54 Å². The lowest BCUT2D eigenvalue weighted by molar-refractivity contribution is -0.116. The van der Waals surface area contributed by atoms with Crippen LogP contribution < -0.4 is 15.6 Å². The number of halogens is 1. The van der Waals surface area contributed by atoms with Gasteiger partial charge in [0.05, 0.1) is 13.4 Å². The zero-order valence-corrected chi connectivity index (χ0v) is 11.4. The summed E-state index contributed by atoms with van der Waals surface area (Å²) in [6, 6.07) is 8.94. The van der Waals surface area contributed by atoms with Gasteiger partial charge in [-0.25, -0.2) is 4.98 Å². The fourth-order valence-electron chi connectivity index (χ4n) is 1.61. The molecular weight excluding hydrogens is 282 g/mol. The van der Waals surface area contributed by atoms with Crippen molar-refractivity contribution in [1.82, 2.24) is 9.55 Å². The van der Waals surface area contributed by atoms with Crippen LogP contribution in [0.15, 0.2) is 41.5 Å². The number of carbonyl (C=O) groups excluding carboxylic acids is 1. The smallest absolute Gasteiger partial charge is 0.297 e. The molecule has 0 saturated carbocycles. The SMILES string of the molecule is COc1c(Cl)ncn(CC(=O)Nc2ccccc2)c1=O. The summed E-state index contributed by atoms with van der Waals surface area (Å²) in [5.74, 6) is -0.425. The van der Waals surface area contributed by atoms with Crippen molar-refractivity contribution in [3.8, 4) is 5.75 Å². The molecule has 0 aliphatic carbocycles. The standard InChI is InChI=1S/C13H12ClN3O3/c1-20-11-12(14)15-8-17(13(11)19)7-10(18)16-9-5-3-2-4-6-9/h2-6,8H,7H2,1H3,(H,16,18). The number of para-hydroxylation sites is 1. The molecule has 104 valence electrons. The Kier molecular flexibility index (Phi) is 4.37. The Morgan fingerprint density at radius 1 is 1.40 bits per heavy atom. The molecule has 0 atom stereocenters. The molecule has 0 fully saturated rings. The van der Waals surface area contributed by atoms with Gasteiger partial charge in [-0.1, -0.05) is 29.8 Å². The van der Waals surface area contributed by atoms with E-state index in [9.17, 15) is 9.59 Å². The summed E-state index contributed by atoms with van der Waals surface area (Å²) in [6.45, 7) is -0.172. The highest BCUT2D eigenvalue weighted by molar-refractivity contribution is 6.30. The molecular formula is C13H12ClN3O3. The number of benzene rings is 1. The Labute approximate surface area is 120 Å². The van der Waals surface area contributed by atoms with E-state index in [1.807, 2.05) is 6.07 Å². The third-order valence-corrected chi connectivity index (χ3v) is 2.80. The molecule has 0 aliphatic heterocycles. The fraction of sp³-hybridized carbons (Fsp3) is 0.154. The van der Waals surface area contributed by atoms with Gasteiger partial charge in [0.2, 0.25) is 11.7 Å². The van der Waals surface area contributed by atoms with Crippen molar-refractivity contribution in [3.63, 3.8) is 0 Å². The lowest BCUT2D eigenvalue weighted by atomic mass is 10.3. The van der Waals surface area contributed by atoms with Crippen LogP contribution >= 0.6 is 11.6 Å². The average Bonchev–Trinajstić information content (AvgIpc) is 2.44. The number of methoxy groups -OCH3 is 1. The van der Waals surface area contributed by atoms with Crippen LogP contribution in [0.25, 0.3) is 0 Å². The predicted octanol–water partition coefficient (Wildman–Crippen LogP) is 1.54. The first-order valence-electron chi connectivity index (χ1n) is 5.75.